The molecule has 1 atom stereocenters. The number of sulfone groups is 1. The van der Waals surface area contributed by atoms with E-state index in [0.29, 0.717) is 17.4 Å². The third kappa shape index (κ3) is 5.22. The van der Waals surface area contributed by atoms with Crippen molar-refractivity contribution in [2.75, 3.05) is 36.1 Å². The molecule has 0 amide bonds. The van der Waals surface area contributed by atoms with Crippen molar-refractivity contribution in [2.24, 2.45) is 0 Å². The van der Waals surface area contributed by atoms with Crippen molar-refractivity contribution < 1.29 is 8.42 Å². The topological polar surface area (TPSA) is 70.0 Å². The Hall–Kier alpha value is -0.680. The second-order valence-corrected chi connectivity index (χ2v) is 9.40. The van der Waals surface area contributed by atoms with Crippen LogP contribution in [0, 0.1) is 11.3 Å². The Labute approximate surface area is 134 Å². The summed E-state index contributed by atoms with van der Waals surface area (Å²) in [6, 6.07) is 8.16. The van der Waals surface area contributed by atoms with Gasteiger partial charge in [-0.15, -0.1) is 0 Å². The van der Waals surface area contributed by atoms with Crippen molar-refractivity contribution in [1.82, 2.24) is 5.32 Å². The number of thioether (sulfide) groups is 2. The first kappa shape index (κ1) is 16.7. The summed E-state index contributed by atoms with van der Waals surface area (Å²) in [6.07, 6.45) is 0. The largest absolute Gasteiger partial charge is 0.315 e. The minimum atomic E-state index is -3.32. The van der Waals surface area contributed by atoms with Gasteiger partial charge >= 0.3 is 0 Å². The fraction of sp³-hybridized carbons (Fsp3) is 0.500. The molecule has 114 valence electrons. The maximum absolute atomic E-state index is 12.2. The molecule has 0 spiro atoms. The van der Waals surface area contributed by atoms with Crippen molar-refractivity contribution in [3.63, 3.8) is 0 Å². The van der Waals surface area contributed by atoms with Crippen molar-refractivity contribution >= 4 is 33.4 Å². The van der Waals surface area contributed by atoms with Crippen LogP contribution in [0.1, 0.15) is 5.56 Å². The summed E-state index contributed by atoms with van der Waals surface area (Å²) in [5, 5.41) is 12.6. The second-order valence-electron chi connectivity index (χ2n) is 4.73. The van der Waals surface area contributed by atoms with Crippen LogP contribution in [0.15, 0.2) is 29.2 Å². The second kappa shape index (κ2) is 8.08. The van der Waals surface area contributed by atoms with Gasteiger partial charge in [-0.1, -0.05) is 6.07 Å². The molecule has 0 radical (unpaired) electrons. The lowest BCUT2D eigenvalue weighted by Crippen LogP contribution is -2.32. The zero-order chi connectivity index (χ0) is 15.1. The van der Waals surface area contributed by atoms with E-state index in [0.717, 1.165) is 12.3 Å². The number of hydrogen-bond donors (Lipinski definition) is 1. The molecule has 2 rings (SSSR count). The summed E-state index contributed by atoms with van der Waals surface area (Å²) >= 11 is 3.91. The van der Waals surface area contributed by atoms with Crippen LogP contribution in [0.2, 0.25) is 0 Å². The molecule has 1 saturated heterocycles. The van der Waals surface area contributed by atoms with Gasteiger partial charge in [-0.3, -0.25) is 0 Å². The fourth-order valence-corrected chi connectivity index (χ4v) is 5.89. The lowest BCUT2D eigenvalue weighted by molar-refractivity contribution is 0.591. The lowest BCUT2D eigenvalue weighted by Gasteiger charge is -2.21. The Morgan fingerprint density at radius 3 is 2.95 bits per heavy atom. The first-order chi connectivity index (χ1) is 10.1. The Morgan fingerprint density at radius 1 is 1.38 bits per heavy atom. The van der Waals surface area contributed by atoms with Crippen LogP contribution in [0.4, 0.5) is 0 Å². The fourth-order valence-electron chi connectivity index (χ4n) is 2.00. The Morgan fingerprint density at radius 2 is 2.24 bits per heavy atom. The third-order valence-electron chi connectivity index (χ3n) is 3.13. The molecule has 1 fully saturated rings. The van der Waals surface area contributed by atoms with Gasteiger partial charge < -0.3 is 5.32 Å². The van der Waals surface area contributed by atoms with E-state index in [1.165, 1.54) is 17.6 Å². The number of hydrogen-bond acceptors (Lipinski definition) is 6. The van der Waals surface area contributed by atoms with Crippen LogP contribution < -0.4 is 5.32 Å². The molecule has 1 N–H and O–H groups in total. The SMILES string of the molecule is N#Cc1cccc(S(=O)(=O)CCNCC2CSCCS2)c1. The summed E-state index contributed by atoms with van der Waals surface area (Å²) in [7, 11) is -3.32. The molecule has 1 unspecified atom stereocenters. The zero-order valence-corrected chi connectivity index (χ0v) is 14.1. The molecule has 0 aromatic heterocycles. The number of nitrogens with one attached hydrogen (secondary N) is 1. The monoisotopic (exact) mass is 342 g/mol. The third-order valence-corrected chi connectivity index (χ3v) is 7.69. The molecule has 1 aliphatic heterocycles. The minimum Gasteiger partial charge on any atom is -0.315 e. The maximum Gasteiger partial charge on any atom is 0.179 e. The zero-order valence-electron chi connectivity index (χ0n) is 11.6. The Kier molecular flexibility index (Phi) is 6.42. The summed E-state index contributed by atoms with van der Waals surface area (Å²) in [5.41, 5.74) is 0.375. The number of rotatable bonds is 6. The van der Waals surface area contributed by atoms with E-state index in [1.54, 1.807) is 18.2 Å². The first-order valence-corrected chi connectivity index (χ1v) is 10.6. The highest BCUT2D eigenvalue weighted by atomic mass is 32.2. The van der Waals surface area contributed by atoms with Gasteiger partial charge in [-0.25, -0.2) is 8.42 Å². The summed E-state index contributed by atoms with van der Waals surface area (Å²) in [5.74, 6) is 3.59. The molecule has 4 nitrogen and oxygen atoms in total. The molecular weight excluding hydrogens is 324 g/mol. The molecule has 1 aromatic carbocycles. The molecule has 0 aliphatic carbocycles. The van der Waals surface area contributed by atoms with Crippen LogP contribution >= 0.6 is 23.5 Å². The average Bonchev–Trinajstić information content (AvgIpc) is 2.53. The minimum absolute atomic E-state index is 0.0619. The number of nitrogens with zero attached hydrogens (tertiary/aromatic N) is 1. The van der Waals surface area contributed by atoms with E-state index in [4.69, 9.17) is 5.26 Å². The van der Waals surface area contributed by atoms with Gasteiger partial charge in [0.05, 0.1) is 22.3 Å². The normalized spacial score (nSPS) is 19.1. The highest BCUT2D eigenvalue weighted by Gasteiger charge is 2.16. The quantitative estimate of drug-likeness (QED) is 0.795. The Bertz CT molecular complexity index is 605. The van der Waals surface area contributed by atoms with E-state index in [-0.39, 0.29) is 10.6 Å². The summed E-state index contributed by atoms with van der Waals surface area (Å²) in [4.78, 5) is 0.228. The van der Waals surface area contributed by atoms with E-state index in [1.807, 2.05) is 29.6 Å². The van der Waals surface area contributed by atoms with Crippen molar-refractivity contribution in [3.05, 3.63) is 29.8 Å². The number of benzene rings is 1. The molecule has 0 bridgehead atoms. The molecule has 1 aromatic rings. The van der Waals surface area contributed by atoms with Gasteiger partial charge in [0.25, 0.3) is 0 Å². The van der Waals surface area contributed by atoms with Gasteiger partial charge in [0.2, 0.25) is 0 Å². The van der Waals surface area contributed by atoms with E-state index >= 15 is 0 Å². The molecule has 7 heteroatoms. The van der Waals surface area contributed by atoms with Gasteiger partial charge in [-0.05, 0) is 18.2 Å². The predicted octanol–water partition coefficient (Wildman–Crippen LogP) is 1.77. The predicted molar refractivity (Wildman–Crippen MR) is 89.7 cm³/mol. The average molecular weight is 343 g/mol. The standard InChI is InChI=1S/C14H18N2O2S3/c15-9-12-2-1-3-14(8-12)21(17,18)7-4-16-10-13-11-19-5-6-20-13/h1-3,8,13,16H,4-7,10-11H2. The summed E-state index contributed by atoms with van der Waals surface area (Å²) < 4.78 is 24.4. The van der Waals surface area contributed by atoms with E-state index in [9.17, 15) is 8.42 Å². The molecule has 1 aliphatic rings. The maximum atomic E-state index is 12.2. The van der Waals surface area contributed by atoms with Crippen molar-refractivity contribution in [2.45, 2.75) is 10.1 Å². The van der Waals surface area contributed by atoms with Gasteiger partial charge in [-0.2, -0.15) is 28.8 Å². The lowest BCUT2D eigenvalue weighted by atomic mass is 10.2. The first-order valence-electron chi connectivity index (χ1n) is 6.75. The van der Waals surface area contributed by atoms with Crippen LogP contribution in [0.3, 0.4) is 0 Å². The van der Waals surface area contributed by atoms with Crippen LogP contribution in [-0.2, 0) is 9.84 Å². The smallest absolute Gasteiger partial charge is 0.179 e. The highest BCUT2D eigenvalue weighted by Crippen LogP contribution is 2.23. The number of nitriles is 1. The van der Waals surface area contributed by atoms with Crippen LogP contribution in [-0.4, -0.2) is 49.8 Å². The molecule has 0 saturated carbocycles. The Balaban J connectivity index is 1.82. The van der Waals surface area contributed by atoms with Crippen LogP contribution in [0.5, 0.6) is 0 Å². The summed E-state index contributed by atoms with van der Waals surface area (Å²) in [6.45, 7) is 1.30. The molecular formula is C14H18N2O2S3. The highest BCUT2D eigenvalue weighted by molar-refractivity contribution is 8.06. The van der Waals surface area contributed by atoms with Gasteiger partial charge in [0.1, 0.15) is 0 Å². The van der Waals surface area contributed by atoms with Crippen molar-refractivity contribution in [3.8, 4) is 6.07 Å². The molecule has 1 heterocycles. The molecule has 21 heavy (non-hydrogen) atoms. The van der Waals surface area contributed by atoms with E-state index < -0.39 is 9.84 Å². The van der Waals surface area contributed by atoms with Gasteiger partial charge in [0.15, 0.2) is 9.84 Å². The van der Waals surface area contributed by atoms with Crippen LogP contribution in [0.25, 0.3) is 0 Å². The van der Waals surface area contributed by atoms with E-state index in [2.05, 4.69) is 5.32 Å². The van der Waals surface area contributed by atoms with Gasteiger partial charge in [0, 0.05) is 35.6 Å². The van der Waals surface area contributed by atoms with Crippen molar-refractivity contribution in [1.29, 1.82) is 5.26 Å².